The molecule has 2 aromatic rings. The lowest BCUT2D eigenvalue weighted by molar-refractivity contribution is -0.116. The van der Waals surface area contributed by atoms with Crippen LogP contribution in [-0.2, 0) is 4.79 Å². The second-order valence-electron chi connectivity index (χ2n) is 6.29. The fourth-order valence-corrected chi connectivity index (χ4v) is 2.65. The van der Waals surface area contributed by atoms with Gasteiger partial charge < -0.3 is 10.2 Å². The fraction of sp³-hybridized carbons (Fsp3) is 0.300. The number of anilines is 1. The summed E-state index contributed by atoms with van der Waals surface area (Å²) in [4.78, 5) is 26.3. The van der Waals surface area contributed by atoms with Crippen LogP contribution in [0.1, 0.15) is 32.6 Å². The minimum Gasteiger partial charge on any atom is -0.332 e. The SMILES string of the molecule is Cc1ccc(C)c(C(=O)N(C)CC(=O)Nc2c(C)cccc2C)c1. The molecule has 2 aromatic carbocycles. The van der Waals surface area contributed by atoms with Crippen LogP contribution >= 0.6 is 0 Å². The summed E-state index contributed by atoms with van der Waals surface area (Å²) >= 11 is 0. The fourth-order valence-electron chi connectivity index (χ4n) is 2.65. The molecule has 4 nitrogen and oxygen atoms in total. The highest BCUT2D eigenvalue weighted by atomic mass is 16.2. The molecule has 0 atom stereocenters. The molecule has 0 unspecified atom stereocenters. The van der Waals surface area contributed by atoms with E-state index in [0.29, 0.717) is 5.56 Å². The van der Waals surface area contributed by atoms with Crippen molar-refractivity contribution in [2.75, 3.05) is 18.9 Å². The first-order chi connectivity index (χ1) is 11.3. The summed E-state index contributed by atoms with van der Waals surface area (Å²) in [5, 5.41) is 2.91. The Labute approximate surface area is 143 Å². The average Bonchev–Trinajstić information content (AvgIpc) is 2.52. The van der Waals surface area contributed by atoms with Gasteiger partial charge in [-0.15, -0.1) is 0 Å². The number of likely N-dealkylation sites (N-methyl/N-ethyl adjacent to an activating group) is 1. The largest absolute Gasteiger partial charge is 0.332 e. The summed E-state index contributed by atoms with van der Waals surface area (Å²) in [5.74, 6) is -0.346. The summed E-state index contributed by atoms with van der Waals surface area (Å²) in [6, 6.07) is 11.6. The lowest BCUT2D eigenvalue weighted by Crippen LogP contribution is -2.35. The second-order valence-corrected chi connectivity index (χ2v) is 6.29. The van der Waals surface area contributed by atoms with E-state index in [1.807, 2.05) is 64.1 Å². The van der Waals surface area contributed by atoms with Crippen molar-refractivity contribution in [2.24, 2.45) is 0 Å². The molecule has 0 heterocycles. The van der Waals surface area contributed by atoms with Crippen molar-refractivity contribution in [3.63, 3.8) is 0 Å². The number of nitrogens with one attached hydrogen (secondary N) is 1. The van der Waals surface area contributed by atoms with Gasteiger partial charge in [-0.1, -0.05) is 35.9 Å². The van der Waals surface area contributed by atoms with E-state index in [4.69, 9.17) is 0 Å². The highest BCUT2D eigenvalue weighted by Crippen LogP contribution is 2.19. The molecule has 0 bridgehead atoms. The molecule has 0 saturated carbocycles. The molecule has 0 aliphatic rings. The van der Waals surface area contributed by atoms with Crippen LogP contribution in [0.3, 0.4) is 0 Å². The quantitative estimate of drug-likeness (QED) is 0.933. The van der Waals surface area contributed by atoms with Gasteiger partial charge >= 0.3 is 0 Å². The van der Waals surface area contributed by atoms with Crippen molar-refractivity contribution in [2.45, 2.75) is 27.7 Å². The number of amides is 2. The zero-order valence-corrected chi connectivity index (χ0v) is 14.9. The van der Waals surface area contributed by atoms with Crippen molar-refractivity contribution in [3.8, 4) is 0 Å². The molecule has 1 N–H and O–H groups in total. The number of rotatable bonds is 4. The van der Waals surface area contributed by atoms with E-state index in [1.54, 1.807) is 7.05 Å². The lowest BCUT2D eigenvalue weighted by Gasteiger charge is -2.19. The number of para-hydroxylation sites is 1. The van der Waals surface area contributed by atoms with Crippen molar-refractivity contribution in [1.82, 2.24) is 4.90 Å². The summed E-state index contributed by atoms with van der Waals surface area (Å²) in [6.45, 7) is 7.77. The van der Waals surface area contributed by atoms with Gasteiger partial charge in [0, 0.05) is 18.3 Å². The van der Waals surface area contributed by atoms with Crippen LogP contribution in [0.25, 0.3) is 0 Å². The van der Waals surface area contributed by atoms with Gasteiger partial charge in [0.1, 0.15) is 0 Å². The molecule has 0 aliphatic heterocycles. The molecule has 126 valence electrons. The molecule has 0 radical (unpaired) electrons. The molecule has 2 amide bonds. The van der Waals surface area contributed by atoms with E-state index in [9.17, 15) is 9.59 Å². The van der Waals surface area contributed by atoms with Crippen LogP contribution in [0.2, 0.25) is 0 Å². The summed E-state index contributed by atoms with van der Waals surface area (Å²) in [7, 11) is 1.65. The van der Waals surface area contributed by atoms with E-state index in [2.05, 4.69) is 5.32 Å². The Kier molecular flexibility index (Phi) is 5.39. The van der Waals surface area contributed by atoms with Gasteiger partial charge in [-0.2, -0.15) is 0 Å². The number of carbonyl (C=O) groups is 2. The smallest absolute Gasteiger partial charge is 0.254 e. The van der Waals surface area contributed by atoms with Crippen LogP contribution in [0.4, 0.5) is 5.69 Å². The Balaban J connectivity index is 2.08. The first-order valence-electron chi connectivity index (χ1n) is 7.98. The summed E-state index contributed by atoms with van der Waals surface area (Å²) in [5.41, 5.74) is 5.40. The molecule has 0 aliphatic carbocycles. The maximum atomic E-state index is 12.6. The van der Waals surface area contributed by atoms with Crippen LogP contribution in [0, 0.1) is 27.7 Å². The van der Waals surface area contributed by atoms with Crippen molar-refractivity contribution in [1.29, 1.82) is 0 Å². The van der Waals surface area contributed by atoms with Gasteiger partial charge in [-0.05, 0) is 50.5 Å². The van der Waals surface area contributed by atoms with Gasteiger partial charge in [0.05, 0.1) is 6.54 Å². The van der Waals surface area contributed by atoms with Gasteiger partial charge in [0.2, 0.25) is 5.91 Å². The van der Waals surface area contributed by atoms with Gasteiger partial charge in [0.15, 0.2) is 0 Å². The Morgan fingerprint density at radius 1 is 0.958 bits per heavy atom. The first kappa shape index (κ1) is 17.7. The minimum absolute atomic E-state index is 0.0139. The van der Waals surface area contributed by atoms with Crippen LogP contribution < -0.4 is 5.32 Å². The average molecular weight is 324 g/mol. The second kappa shape index (κ2) is 7.30. The molecule has 0 fully saturated rings. The van der Waals surface area contributed by atoms with Gasteiger partial charge in [-0.25, -0.2) is 0 Å². The number of benzene rings is 2. The molecule has 2 rings (SSSR count). The third-order valence-corrected chi connectivity index (χ3v) is 4.10. The molecular formula is C20H24N2O2. The monoisotopic (exact) mass is 324 g/mol. The third kappa shape index (κ3) is 4.02. The molecule has 4 heteroatoms. The Morgan fingerprint density at radius 3 is 2.21 bits per heavy atom. The van der Waals surface area contributed by atoms with E-state index >= 15 is 0 Å². The predicted octanol–water partition coefficient (Wildman–Crippen LogP) is 3.63. The van der Waals surface area contributed by atoms with Crippen LogP contribution in [0.5, 0.6) is 0 Å². The Hall–Kier alpha value is -2.62. The highest BCUT2D eigenvalue weighted by molar-refractivity contribution is 6.00. The summed E-state index contributed by atoms with van der Waals surface area (Å²) < 4.78 is 0. The first-order valence-corrected chi connectivity index (χ1v) is 7.98. The lowest BCUT2D eigenvalue weighted by atomic mass is 10.0. The van der Waals surface area contributed by atoms with Crippen LogP contribution in [0.15, 0.2) is 36.4 Å². The van der Waals surface area contributed by atoms with E-state index in [-0.39, 0.29) is 18.4 Å². The standard InChI is InChI=1S/C20H24N2O2/c1-13-9-10-14(2)17(11-13)20(24)22(5)12-18(23)21-19-15(3)7-6-8-16(19)4/h6-11H,12H2,1-5H3,(H,21,23). The zero-order valence-electron chi connectivity index (χ0n) is 14.9. The van der Waals surface area contributed by atoms with Crippen molar-refractivity contribution < 1.29 is 9.59 Å². The number of carbonyl (C=O) groups excluding carboxylic acids is 2. The number of hydrogen-bond donors (Lipinski definition) is 1. The Bertz CT molecular complexity index is 761. The molecular weight excluding hydrogens is 300 g/mol. The number of nitrogens with zero attached hydrogens (tertiary/aromatic N) is 1. The van der Waals surface area contributed by atoms with Crippen molar-refractivity contribution >= 4 is 17.5 Å². The van der Waals surface area contributed by atoms with Gasteiger partial charge in [-0.3, -0.25) is 9.59 Å². The normalized spacial score (nSPS) is 10.4. The highest BCUT2D eigenvalue weighted by Gasteiger charge is 2.17. The molecule has 24 heavy (non-hydrogen) atoms. The summed E-state index contributed by atoms with van der Waals surface area (Å²) in [6.07, 6.45) is 0. The van der Waals surface area contributed by atoms with E-state index in [1.165, 1.54) is 4.90 Å². The minimum atomic E-state index is -0.200. The third-order valence-electron chi connectivity index (χ3n) is 4.10. The molecule has 0 aromatic heterocycles. The topological polar surface area (TPSA) is 49.4 Å². The maximum Gasteiger partial charge on any atom is 0.254 e. The van der Waals surface area contributed by atoms with E-state index < -0.39 is 0 Å². The number of hydrogen-bond acceptors (Lipinski definition) is 2. The number of aryl methyl sites for hydroxylation is 4. The van der Waals surface area contributed by atoms with Gasteiger partial charge in [0.25, 0.3) is 5.91 Å². The van der Waals surface area contributed by atoms with Crippen molar-refractivity contribution in [3.05, 3.63) is 64.2 Å². The Morgan fingerprint density at radius 2 is 1.58 bits per heavy atom. The molecule has 0 spiro atoms. The van der Waals surface area contributed by atoms with Crippen LogP contribution in [-0.4, -0.2) is 30.3 Å². The van der Waals surface area contributed by atoms with E-state index in [0.717, 1.165) is 27.9 Å². The zero-order chi connectivity index (χ0) is 17.9. The molecule has 0 saturated heterocycles. The maximum absolute atomic E-state index is 12.6. The predicted molar refractivity (Wildman–Crippen MR) is 97.4 cm³/mol.